The highest BCUT2D eigenvalue weighted by atomic mass is 16.5. The van der Waals surface area contributed by atoms with Gasteiger partial charge in [0.25, 0.3) is 0 Å². The van der Waals surface area contributed by atoms with Crippen LogP contribution in [0.15, 0.2) is 12.7 Å². The molecule has 0 saturated carbocycles. The first-order valence-corrected chi connectivity index (χ1v) is 4.42. The van der Waals surface area contributed by atoms with Crippen LogP contribution in [0.4, 0.5) is 0 Å². The molecule has 0 aliphatic heterocycles. The Labute approximate surface area is 74.4 Å². The predicted molar refractivity (Wildman–Crippen MR) is 50.2 cm³/mol. The lowest BCUT2D eigenvalue weighted by Gasteiger charge is -2.03. The van der Waals surface area contributed by atoms with E-state index in [-0.39, 0.29) is 6.61 Å². The second kappa shape index (κ2) is 10.6. The van der Waals surface area contributed by atoms with E-state index in [0.717, 1.165) is 25.9 Å². The molecule has 2 N–H and O–H groups in total. The monoisotopic (exact) mass is 173 g/mol. The quantitative estimate of drug-likeness (QED) is 0.395. The Morgan fingerprint density at radius 2 is 2.17 bits per heavy atom. The molecule has 0 rings (SSSR count). The van der Waals surface area contributed by atoms with Crippen LogP contribution < -0.4 is 5.32 Å². The number of ether oxygens (including phenoxy) is 1. The molecule has 0 aliphatic rings. The van der Waals surface area contributed by atoms with Gasteiger partial charge in [0, 0.05) is 6.54 Å². The van der Waals surface area contributed by atoms with E-state index in [0.29, 0.717) is 13.2 Å². The SMILES string of the molecule is C=CCCCNCCOCCO. The lowest BCUT2D eigenvalue weighted by Crippen LogP contribution is -2.21. The highest BCUT2D eigenvalue weighted by Gasteiger charge is 1.87. The first-order chi connectivity index (χ1) is 5.91. The summed E-state index contributed by atoms with van der Waals surface area (Å²) in [7, 11) is 0. The van der Waals surface area contributed by atoms with Crippen molar-refractivity contribution in [2.45, 2.75) is 12.8 Å². The summed E-state index contributed by atoms with van der Waals surface area (Å²) in [4.78, 5) is 0. The fraction of sp³-hybridized carbons (Fsp3) is 0.778. The van der Waals surface area contributed by atoms with Crippen LogP contribution in [0.25, 0.3) is 0 Å². The van der Waals surface area contributed by atoms with E-state index in [1.54, 1.807) is 0 Å². The highest BCUT2D eigenvalue weighted by molar-refractivity contribution is 4.66. The van der Waals surface area contributed by atoms with E-state index >= 15 is 0 Å². The van der Waals surface area contributed by atoms with Crippen LogP contribution in [0.5, 0.6) is 0 Å². The fourth-order valence-electron chi connectivity index (χ4n) is 0.807. The molecule has 0 saturated heterocycles. The summed E-state index contributed by atoms with van der Waals surface area (Å²) in [5, 5.41) is 11.6. The maximum atomic E-state index is 8.38. The summed E-state index contributed by atoms with van der Waals surface area (Å²) in [5.74, 6) is 0. The molecule has 12 heavy (non-hydrogen) atoms. The maximum absolute atomic E-state index is 8.38. The summed E-state index contributed by atoms with van der Waals surface area (Å²) >= 11 is 0. The third-order valence-electron chi connectivity index (χ3n) is 1.42. The number of unbranched alkanes of at least 4 members (excludes halogenated alkanes) is 1. The first kappa shape index (κ1) is 11.6. The van der Waals surface area contributed by atoms with E-state index in [9.17, 15) is 0 Å². The Morgan fingerprint density at radius 3 is 2.83 bits per heavy atom. The smallest absolute Gasteiger partial charge is 0.0698 e. The lowest BCUT2D eigenvalue weighted by atomic mass is 10.3. The molecule has 0 heterocycles. The minimum absolute atomic E-state index is 0.108. The standard InChI is InChI=1S/C9H19NO2/c1-2-3-4-5-10-6-8-12-9-7-11/h2,10-11H,1,3-9H2. The van der Waals surface area contributed by atoms with Crippen LogP contribution in [0.3, 0.4) is 0 Å². The largest absolute Gasteiger partial charge is 0.394 e. The van der Waals surface area contributed by atoms with Crippen molar-refractivity contribution in [3.63, 3.8) is 0 Å². The second-order valence-electron chi connectivity index (χ2n) is 2.52. The van der Waals surface area contributed by atoms with E-state index in [1.165, 1.54) is 0 Å². The molecule has 0 aliphatic carbocycles. The fourth-order valence-corrected chi connectivity index (χ4v) is 0.807. The molecule has 0 aromatic heterocycles. The molecule has 0 atom stereocenters. The van der Waals surface area contributed by atoms with E-state index in [1.807, 2.05) is 6.08 Å². The number of hydrogen-bond acceptors (Lipinski definition) is 3. The van der Waals surface area contributed by atoms with Gasteiger partial charge in [-0.15, -0.1) is 6.58 Å². The van der Waals surface area contributed by atoms with E-state index in [4.69, 9.17) is 9.84 Å². The van der Waals surface area contributed by atoms with Crippen molar-refractivity contribution in [3.05, 3.63) is 12.7 Å². The molecule has 0 radical (unpaired) electrons. The molecule has 0 spiro atoms. The first-order valence-electron chi connectivity index (χ1n) is 4.42. The van der Waals surface area contributed by atoms with Crippen LogP contribution >= 0.6 is 0 Å². The van der Waals surface area contributed by atoms with Crippen LogP contribution in [0.1, 0.15) is 12.8 Å². The molecule has 0 bridgehead atoms. The minimum Gasteiger partial charge on any atom is -0.394 e. The van der Waals surface area contributed by atoms with Crippen molar-refractivity contribution < 1.29 is 9.84 Å². The summed E-state index contributed by atoms with van der Waals surface area (Å²) in [5.41, 5.74) is 0. The van der Waals surface area contributed by atoms with Gasteiger partial charge < -0.3 is 15.2 Å². The van der Waals surface area contributed by atoms with Crippen LogP contribution in [0.2, 0.25) is 0 Å². The molecule has 3 heteroatoms. The highest BCUT2D eigenvalue weighted by Crippen LogP contribution is 1.85. The molecule has 3 nitrogen and oxygen atoms in total. The van der Waals surface area contributed by atoms with E-state index in [2.05, 4.69) is 11.9 Å². The van der Waals surface area contributed by atoms with Gasteiger partial charge in [-0.3, -0.25) is 0 Å². The van der Waals surface area contributed by atoms with Gasteiger partial charge in [0.05, 0.1) is 19.8 Å². The van der Waals surface area contributed by atoms with Crippen molar-refractivity contribution in [2.75, 3.05) is 32.9 Å². The van der Waals surface area contributed by atoms with Gasteiger partial charge in [0.2, 0.25) is 0 Å². The third-order valence-corrected chi connectivity index (χ3v) is 1.42. The number of nitrogens with one attached hydrogen (secondary N) is 1. The average molecular weight is 173 g/mol. The lowest BCUT2D eigenvalue weighted by molar-refractivity contribution is 0.0940. The van der Waals surface area contributed by atoms with Gasteiger partial charge in [-0.1, -0.05) is 6.08 Å². The number of allylic oxidation sites excluding steroid dienone is 1. The molecular weight excluding hydrogens is 154 g/mol. The molecule has 72 valence electrons. The average Bonchev–Trinajstić information content (AvgIpc) is 2.10. The van der Waals surface area contributed by atoms with Crippen molar-refractivity contribution in [1.82, 2.24) is 5.32 Å². The summed E-state index contributed by atoms with van der Waals surface area (Å²) in [6.07, 6.45) is 4.11. The Hall–Kier alpha value is -0.380. The topological polar surface area (TPSA) is 41.5 Å². The Kier molecular flexibility index (Phi) is 10.3. The van der Waals surface area contributed by atoms with Crippen molar-refractivity contribution >= 4 is 0 Å². The zero-order chi connectivity index (χ0) is 9.07. The van der Waals surface area contributed by atoms with Crippen LogP contribution in [0, 0.1) is 0 Å². The number of rotatable bonds is 9. The van der Waals surface area contributed by atoms with Gasteiger partial charge in [-0.2, -0.15) is 0 Å². The molecular formula is C9H19NO2. The van der Waals surface area contributed by atoms with Crippen LogP contribution in [-0.2, 0) is 4.74 Å². The third kappa shape index (κ3) is 9.62. The molecule has 0 amide bonds. The van der Waals surface area contributed by atoms with Gasteiger partial charge in [0.1, 0.15) is 0 Å². The second-order valence-corrected chi connectivity index (χ2v) is 2.52. The maximum Gasteiger partial charge on any atom is 0.0698 e. The Bertz CT molecular complexity index is 96.5. The summed E-state index contributed by atoms with van der Waals surface area (Å²) in [6, 6.07) is 0. The molecule has 0 aromatic carbocycles. The van der Waals surface area contributed by atoms with Gasteiger partial charge in [-0.05, 0) is 19.4 Å². The van der Waals surface area contributed by atoms with Crippen molar-refractivity contribution in [1.29, 1.82) is 0 Å². The summed E-state index contributed by atoms with van der Waals surface area (Å²) < 4.78 is 5.06. The van der Waals surface area contributed by atoms with Crippen molar-refractivity contribution in [2.24, 2.45) is 0 Å². The Morgan fingerprint density at radius 1 is 1.33 bits per heavy atom. The number of aliphatic hydroxyl groups is 1. The predicted octanol–water partition coefficient (Wildman–Crippen LogP) is 0.551. The van der Waals surface area contributed by atoms with Crippen molar-refractivity contribution in [3.8, 4) is 0 Å². The zero-order valence-electron chi connectivity index (χ0n) is 7.59. The van der Waals surface area contributed by atoms with Crippen LogP contribution in [-0.4, -0.2) is 38.0 Å². The Balaban J connectivity index is 2.77. The van der Waals surface area contributed by atoms with Gasteiger partial charge >= 0.3 is 0 Å². The van der Waals surface area contributed by atoms with Gasteiger partial charge in [-0.25, -0.2) is 0 Å². The zero-order valence-corrected chi connectivity index (χ0v) is 7.59. The minimum atomic E-state index is 0.108. The number of aliphatic hydroxyl groups excluding tert-OH is 1. The van der Waals surface area contributed by atoms with Gasteiger partial charge in [0.15, 0.2) is 0 Å². The molecule has 0 unspecified atom stereocenters. The van der Waals surface area contributed by atoms with E-state index < -0.39 is 0 Å². The summed E-state index contributed by atoms with van der Waals surface area (Å²) in [6.45, 7) is 6.73. The molecule has 0 fully saturated rings. The number of hydrogen-bond donors (Lipinski definition) is 2. The molecule has 0 aromatic rings. The normalized spacial score (nSPS) is 10.1.